The van der Waals surface area contributed by atoms with Crippen molar-refractivity contribution in [3.8, 4) is 0 Å². The van der Waals surface area contributed by atoms with Gasteiger partial charge in [0.05, 0.1) is 6.26 Å². The Bertz CT molecular complexity index is 429. The maximum Gasteiger partial charge on any atom is 0.104 e. The molecule has 0 amide bonds. The monoisotopic (exact) mass is 292 g/mol. The molecule has 2 rings (SSSR count). The minimum Gasteiger partial charge on any atom is -0.469 e. The summed E-state index contributed by atoms with van der Waals surface area (Å²) in [6, 6.07) is 14.7. The Morgan fingerprint density at radius 3 is 2.41 bits per heavy atom. The van der Waals surface area contributed by atoms with Crippen LogP contribution in [0.4, 0.5) is 0 Å². The summed E-state index contributed by atoms with van der Waals surface area (Å²) in [5.41, 5.74) is 1.50. The molecule has 1 unspecified atom stereocenters. The van der Waals surface area contributed by atoms with Gasteiger partial charge in [-0.15, -0.1) is 0 Å². The van der Waals surface area contributed by atoms with Gasteiger partial charge >= 0.3 is 0 Å². The van der Waals surface area contributed by atoms with Gasteiger partial charge in [0.25, 0.3) is 0 Å². The second-order valence-corrected chi connectivity index (χ2v) is 4.95. The molecule has 0 aliphatic carbocycles. The lowest BCUT2D eigenvalue weighted by Crippen LogP contribution is -2.29. The van der Waals surface area contributed by atoms with Gasteiger partial charge in [-0.3, -0.25) is 0 Å². The number of furan rings is 1. The molecule has 1 atom stereocenters. The first-order valence-corrected chi connectivity index (χ1v) is 7.07. The van der Waals surface area contributed by atoms with Crippen molar-refractivity contribution in [2.24, 2.45) is 0 Å². The van der Waals surface area contributed by atoms with Gasteiger partial charge in [0.2, 0.25) is 0 Å². The third kappa shape index (κ3) is 2.63. The summed E-state index contributed by atoms with van der Waals surface area (Å²) in [4.78, 5) is 0. The van der Waals surface area contributed by atoms with Crippen molar-refractivity contribution in [1.29, 1.82) is 0 Å². The zero-order valence-electron chi connectivity index (χ0n) is 10.0. The standard InChI is InChI=1S/C15H17BrO/c1-2-15(12-16,11-14-9-6-10-17-14)13-7-4-3-5-8-13/h3-10H,2,11-12H2,1H3. The molecule has 90 valence electrons. The zero-order chi connectivity index (χ0) is 12.1. The fraction of sp³-hybridized carbons (Fsp3) is 0.333. The van der Waals surface area contributed by atoms with Crippen LogP contribution in [0.5, 0.6) is 0 Å². The Hall–Kier alpha value is -1.02. The summed E-state index contributed by atoms with van der Waals surface area (Å²) in [7, 11) is 0. The number of halogens is 1. The van der Waals surface area contributed by atoms with Crippen LogP contribution in [-0.2, 0) is 11.8 Å². The lowest BCUT2D eigenvalue weighted by atomic mass is 9.76. The fourth-order valence-corrected chi connectivity index (χ4v) is 3.11. The highest BCUT2D eigenvalue weighted by Gasteiger charge is 2.30. The second kappa shape index (κ2) is 5.54. The van der Waals surface area contributed by atoms with Crippen LogP contribution in [0.1, 0.15) is 24.7 Å². The largest absolute Gasteiger partial charge is 0.469 e. The van der Waals surface area contributed by atoms with E-state index >= 15 is 0 Å². The molecule has 0 N–H and O–H groups in total. The predicted molar refractivity (Wildman–Crippen MR) is 74.6 cm³/mol. The highest BCUT2D eigenvalue weighted by atomic mass is 79.9. The third-order valence-corrected chi connectivity index (χ3v) is 4.48. The summed E-state index contributed by atoms with van der Waals surface area (Å²) >= 11 is 3.67. The van der Waals surface area contributed by atoms with E-state index in [0.29, 0.717) is 0 Å². The molecule has 0 saturated carbocycles. The number of alkyl halides is 1. The summed E-state index contributed by atoms with van der Waals surface area (Å²) in [6.45, 7) is 2.23. The van der Waals surface area contributed by atoms with Gasteiger partial charge in [0, 0.05) is 17.2 Å². The molecule has 0 aliphatic heterocycles. The van der Waals surface area contributed by atoms with E-state index in [-0.39, 0.29) is 5.41 Å². The molecule has 2 heteroatoms. The molecule has 0 fully saturated rings. The minimum absolute atomic E-state index is 0.124. The second-order valence-electron chi connectivity index (χ2n) is 4.39. The summed E-state index contributed by atoms with van der Waals surface area (Å²) < 4.78 is 5.49. The molecule has 17 heavy (non-hydrogen) atoms. The van der Waals surface area contributed by atoms with E-state index in [1.807, 2.05) is 6.07 Å². The van der Waals surface area contributed by atoms with E-state index in [4.69, 9.17) is 4.42 Å². The molecule has 0 bridgehead atoms. The summed E-state index contributed by atoms with van der Waals surface area (Å²) in [6.07, 6.45) is 3.77. The maximum atomic E-state index is 5.49. The quantitative estimate of drug-likeness (QED) is 0.736. The SMILES string of the molecule is CCC(CBr)(Cc1ccco1)c1ccccc1. The smallest absolute Gasteiger partial charge is 0.104 e. The minimum atomic E-state index is 0.124. The van der Waals surface area contributed by atoms with Gasteiger partial charge < -0.3 is 4.42 Å². The molecule has 0 saturated heterocycles. The highest BCUT2D eigenvalue weighted by Crippen LogP contribution is 2.34. The van der Waals surface area contributed by atoms with Crippen LogP contribution < -0.4 is 0 Å². The Labute approximate surface area is 111 Å². The third-order valence-electron chi connectivity index (χ3n) is 3.41. The van der Waals surface area contributed by atoms with E-state index < -0.39 is 0 Å². The molecule has 0 aliphatic rings. The number of hydrogen-bond donors (Lipinski definition) is 0. The van der Waals surface area contributed by atoms with Gasteiger partial charge in [-0.1, -0.05) is 53.2 Å². The first-order valence-electron chi connectivity index (χ1n) is 5.94. The molecule has 0 spiro atoms. The van der Waals surface area contributed by atoms with Crippen molar-refractivity contribution in [3.63, 3.8) is 0 Å². The van der Waals surface area contributed by atoms with Crippen LogP contribution in [0, 0.1) is 0 Å². The van der Waals surface area contributed by atoms with Crippen molar-refractivity contribution in [3.05, 3.63) is 60.1 Å². The van der Waals surface area contributed by atoms with Crippen LogP contribution in [0.25, 0.3) is 0 Å². The van der Waals surface area contributed by atoms with E-state index in [1.54, 1.807) is 6.26 Å². The molecule has 1 aromatic carbocycles. The fourth-order valence-electron chi connectivity index (χ4n) is 2.19. The van der Waals surface area contributed by atoms with Gasteiger partial charge in [-0.2, -0.15) is 0 Å². The Kier molecular flexibility index (Phi) is 4.06. The van der Waals surface area contributed by atoms with Gasteiger partial charge in [-0.05, 0) is 24.1 Å². The number of hydrogen-bond acceptors (Lipinski definition) is 1. The average molecular weight is 293 g/mol. The first kappa shape index (κ1) is 12.4. The molecule has 2 aromatic rings. The van der Waals surface area contributed by atoms with Crippen LogP contribution in [-0.4, -0.2) is 5.33 Å². The lowest BCUT2D eigenvalue weighted by molar-refractivity contribution is 0.402. The van der Waals surface area contributed by atoms with E-state index in [9.17, 15) is 0 Å². The Morgan fingerprint density at radius 1 is 1.12 bits per heavy atom. The maximum absolute atomic E-state index is 5.49. The van der Waals surface area contributed by atoms with Crippen molar-refractivity contribution >= 4 is 15.9 Å². The normalized spacial score (nSPS) is 14.5. The Morgan fingerprint density at radius 2 is 1.88 bits per heavy atom. The number of benzene rings is 1. The van der Waals surface area contributed by atoms with Gasteiger partial charge in [-0.25, -0.2) is 0 Å². The van der Waals surface area contributed by atoms with Crippen molar-refractivity contribution in [1.82, 2.24) is 0 Å². The van der Waals surface area contributed by atoms with E-state index in [2.05, 4.69) is 59.3 Å². The molecular weight excluding hydrogens is 276 g/mol. The van der Waals surface area contributed by atoms with Crippen LogP contribution in [0.15, 0.2) is 53.1 Å². The van der Waals surface area contributed by atoms with Crippen LogP contribution >= 0.6 is 15.9 Å². The predicted octanol–water partition coefficient (Wildman–Crippen LogP) is 4.57. The lowest BCUT2D eigenvalue weighted by Gasteiger charge is -2.30. The Balaban J connectivity index is 2.32. The molecule has 1 nitrogen and oxygen atoms in total. The van der Waals surface area contributed by atoms with Gasteiger partial charge in [0.1, 0.15) is 5.76 Å². The summed E-state index contributed by atoms with van der Waals surface area (Å²) in [5.74, 6) is 1.05. The van der Waals surface area contributed by atoms with Gasteiger partial charge in [0.15, 0.2) is 0 Å². The molecule has 1 heterocycles. The van der Waals surface area contributed by atoms with E-state index in [0.717, 1.165) is 23.9 Å². The van der Waals surface area contributed by atoms with E-state index in [1.165, 1.54) is 5.56 Å². The van der Waals surface area contributed by atoms with Crippen LogP contribution in [0.3, 0.4) is 0 Å². The van der Waals surface area contributed by atoms with Crippen LogP contribution in [0.2, 0.25) is 0 Å². The first-order chi connectivity index (χ1) is 8.30. The molecule has 1 aromatic heterocycles. The molecule has 0 radical (unpaired) electrons. The topological polar surface area (TPSA) is 13.1 Å². The highest BCUT2D eigenvalue weighted by molar-refractivity contribution is 9.09. The van der Waals surface area contributed by atoms with Crippen molar-refractivity contribution in [2.45, 2.75) is 25.2 Å². The van der Waals surface area contributed by atoms with Crippen molar-refractivity contribution in [2.75, 3.05) is 5.33 Å². The molecular formula is C15H17BrO. The number of rotatable bonds is 5. The summed E-state index contributed by atoms with van der Waals surface area (Å²) in [5, 5.41) is 0.946. The van der Waals surface area contributed by atoms with Crippen molar-refractivity contribution < 1.29 is 4.42 Å². The average Bonchev–Trinajstić information content (AvgIpc) is 2.90. The zero-order valence-corrected chi connectivity index (χ0v) is 11.6.